The predicted molar refractivity (Wildman–Crippen MR) is 73.9 cm³/mol. The van der Waals surface area contributed by atoms with Crippen LogP contribution in [0.1, 0.15) is 19.4 Å². The van der Waals surface area contributed by atoms with E-state index in [1.54, 1.807) is 13.8 Å². The zero-order valence-electron chi connectivity index (χ0n) is 10.6. The molecule has 1 rings (SSSR count). The minimum Gasteiger partial charge on any atom is -0.208 e. The number of hydrogen-bond acceptors (Lipinski definition) is 2. The van der Waals surface area contributed by atoms with Crippen LogP contribution in [0.25, 0.3) is 0 Å². The van der Waals surface area contributed by atoms with Crippen molar-refractivity contribution >= 4 is 26.0 Å². The molecule has 0 aliphatic rings. The summed E-state index contributed by atoms with van der Waals surface area (Å²) in [6.45, 7) is 5.37. The Kier molecular flexibility index (Phi) is 5.31. The number of sulfonamides is 1. The van der Waals surface area contributed by atoms with Gasteiger partial charge >= 0.3 is 0 Å². The van der Waals surface area contributed by atoms with Gasteiger partial charge in [0.1, 0.15) is 5.82 Å². The Labute approximate surface area is 116 Å². The van der Waals surface area contributed by atoms with Crippen LogP contribution in [0, 0.1) is 18.7 Å². The molecule has 0 spiro atoms. The second-order valence-corrected chi connectivity index (χ2v) is 6.78. The molecule has 2 atom stereocenters. The Bertz CT molecular complexity index is 519. The van der Waals surface area contributed by atoms with Gasteiger partial charge < -0.3 is 0 Å². The highest BCUT2D eigenvalue weighted by Gasteiger charge is 2.22. The fraction of sp³-hybridized carbons (Fsp3) is 0.500. The number of halogens is 2. The van der Waals surface area contributed by atoms with Gasteiger partial charge in [-0.05, 0) is 37.5 Å². The number of rotatable bonds is 5. The van der Waals surface area contributed by atoms with Gasteiger partial charge in [0.15, 0.2) is 0 Å². The third kappa shape index (κ3) is 3.76. The summed E-state index contributed by atoms with van der Waals surface area (Å²) in [7, 11) is -3.68. The van der Waals surface area contributed by atoms with Crippen LogP contribution >= 0.6 is 15.9 Å². The summed E-state index contributed by atoms with van der Waals surface area (Å²) in [4.78, 5) is -0.00359. The molecule has 2 unspecified atom stereocenters. The van der Waals surface area contributed by atoms with Gasteiger partial charge in [-0.2, -0.15) is 0 Å². The van der Waals surface area contributed by atoms with Crippen molar-refractivity contribution in [3.63, 3.8) is 0 Å². The Morgan fingerprint density at radius 1 is 1.39 bits per heavy atom. The normalized spacial score (nSPS) is 15.4. The highest BCUT2D eigenvalue weighted by atomic mass is 79.9. The number of hydrogen-bond donors (Lipinski definition) is 1. The first kappa shape index (κ1) is 15.6. The van der Waals surface area contributed by atoms with Crippen LogP contribution in [0.5, 0.6) is 0 Å². The molecule has 0 aliphatic carbocycles. The van der Waals surface area contributed by atoms with Crippen molar-refractivity contribution < 1.29 is 12.8 Å². The van der Waals surface area contributed by atoms with Gasteiger partial charge in [0.05, 0.1) is 4.90 Å². The molecule has 3 nitrogen and oxygen atoms in total. The fourth-order valence-corrected chi connectivity index (χ4v) is 3.59. The Balaban J connectivity index is 3.03. The molecule has 1 aromatic carbocycles. The maximum absolute atomic E-state index is 13.1. The summed E-state index contributed by atoms with van der Waals surface area (Å²) < 4.78 is 40.0. The van der Waals surface area contributed by atoms with E-state index in [-0.39, 0.29) is 16.9 Å². The van der Waals surface area contributed by atoms with Gasteiger partial charge in [-0.15, -0.1) is 0 Å². The number of nitrogens with one attached hydrogen (secondary N) is 1. The summed E-state index contributed by atoms with van der Waals surface area (Å²) in [5.74, 6) is -0.407. The van der Waals surface area contributed by atoms with E-state index in [4.69, 9.17) is 0 Å². The van der Waals surface area contributed by atoms with Crippen molar-refractivity contribution in [3.8, 4) is 0 Å². The Morgan fingerprint density at radius 2 is 2.00 bits per heavy atom. The second kappa shape index (κ2) is 6.12. The monoisotopic (exact) mass is 337 g/mol. The van der Waals surface area contributed by atoms with Gasteiger partial charge in [-0.25, -0.2) is 17.5 Å². The standard InChI is InChI=1S/C12H17BrFNO2S/c1-8-4-5-11(14)6-12(8)18(16,17)15-10(3)9(2)7-13/h4-6,9-10,15H,7H2,1-3H3. The van der Waals surface area contributed by atoms with E-state index in [0.717, 1.165) is 6.07 Å². The van der Waals surface area contributed by atoms with Gasteiger partial charge in [0.25, 0.3) is 0 Å². The molecule has 0 saturated carbocycles. The number of aryl methyl sites for hydroxylation is 1. The van der Waals surface area contributed by atoms with E-state index in [1.165, 1.54) is 12.1 Å². The third-order valence-electron chi connectivity index (χ3n) is 2.88. The first-order chi connectivity index (χ1) is 8.27. The summed E-state index contributed by atoms with van der Waals surface area (Å²) in [6, 6.07) is 3.53. The average Bonchev–Trinajstić information content (AvgIpc) is 2.30. The molecule has 102 valence electrons. The smallest absolute Gasteiger partial charge is 0.208 e. The molecule has 0 bridgehead atoms. The van der Waals surface area contributed by atoms with Crippen molar-refractivity contribution in [1.29, 1.82) is 0 Å². The lowest BCUT2D eigenvalue weighted by atomic mass is 10.1. The molecule has 0 heterocycles. The van der Waals surface area contributed by atoms with Gasteiger partial charge in [-0.1, -0.05) is 28.9 Å². The minimum absolute atomic E-state index is 0.00359. The van der Waals surface area contributed by atoms with Crippen LogP contribution in [0.3, 0.4) is 0 Å². The van der Waals surface area contributed by atoms with Crippen LogP contribution in [-0.2, 0) is 10.0 Å². The fourth-order valence-electron chi connectivity index (χ4n) is 1.42. The van der Waals surface area contributed by atoms with E-state index in [0.29, 0.717) is 10.9 Å². The van der Waals surface area contributed by atoms with Crippen LogP contribution in [0.15, 0.2) is 23.1 Å². The zero-order valence-corrected chi connectivity index (χ0v) is 13.0. The van der Waals surface area contributed by atoms with E-state index >= 15 is 0 Å². The maximum Gasteiger partial charge on any atom is 0.241 e. The van der Waals surface area contributed by atoms with Gasteiger partial charge in [0.2, 0.25) is 10.0 Å². The van der Waals surface area contributed by atoms with Crippen LogP contribution in [-0.4, -0.2) is 19.8 Å². The highest BCUT2D eigenvalue weighted by Crippen LogP contribution is 2.18. The summed E-state index contributed by atoms with van der Waals surface area (Å²) in [6.07, 6.45) is 0. The first-order valence-corrected chi connectivity index (χ1v) is 8.23. The lowest BCUT2D eigenvalue weighted by molar-refractivity contribution is 0.483. The van der Waals surface area contributed by atoms with Gasteiger partial charge in [0, 0.05) is 11.4 Å². The molecular formula is C12H17BrFNO2S. The molecule has 0 aliphatic heterocycles. The molecule has 18 heavy (non-hydrogen) atoms. The molecule has 0 saturated heterocycles. The quantitative estimate of drug-likeness (QED) is 0.839. The molecule has 1 N–H and O–H groups in total. The van der Waals surface area contributed by atoms with Crippen molar-refractivity contribution in [2.24, 2.45) is 5.92 Å². The number of benzene rings is 1. The van der Waals surface area contributed by atoms with Crippen LogP contribution < -0.4 is 4.72 Å². The molecule has 6 heteroatoms. The first-order valence-electron chi connectivity index (χ1n) is 5.62. The molecule has 0 aromatic heterocycles. The SMILES string of the molecule is Cc1ccc(F)cc1S(=O)(=O)NC(C)C(C)CBr. The molecular weight excluding hydrogens is 321 g/mol. The summed E-state index contributed by atoms with van der Waals surface area (Å²) in [5.41, 5.74) is 0.530. The topological polar surface area (TPSA) is 46.2 Å². The van der Waals surface area contributed by atoms with Crippen LogP contribution in [0.4, 0.5) is 4.39 Å². The summed E-state index contributed by atoms with van der Waals surface area (Å²) in [5, 5.41) is 0.693. The lowest BCUT2D eigenvalue weighted by Gasteiger charge is -2.19. The predicted octanol–water partition coefficient (Wildman–Crippen LogP) is 2.83. The van der Waals surface area contributed by atoms with Gasteiger partial charge in [-0.3, -0.25) is 0 Å². The zero-order chi connectivity index (χ0) is 13.9. The minimum atomic E-state index is -3.68. The van der Waals surface area contributed by atoms with E-state index < -0.39 is 15.8 Å². The number of alkyl halides is 1. The van der Waals surface area contributed by atoms with Crippen molar-refractivity contribution in [3.05, 3.63) is 29.6 Å². The maximum atomic E-state index is 13.1. The molecule has 0 amide bonds. The largest absolute Gasteiger partial charge is 0.241 e. The third-order valence-corrected chi connectivity index (χ3v) is 5.60. The average molecular weight is 338 g/mol. The van der Waals surface area contributed by atoms with E-state index in [9.17, 15) is 12.8 Å². The summed E-state index contributed by atoms with van der Waals surface area (Å²) >= 11 is 3.31. The highest BCUT2D eigenvalue weighted by molar-refractivity contribution is 9.09. The lowest BCUT2D eigenvalue weighted by Crippen LogP contribution is -2.37. The molecule has 0 radical (unpaired) electrons. The van der Waals surface area contributed by atoms with E-state index in [2.05, 4.69) is 20.7 Å². The second-order valence-electron chi connectivity index (χ2n) is 4.45. The van der Waals surface area contributed by atoms with Crippen molar-refractivity contribution in [1.82, 2.24) is 4.72 Å². The molecule has 0 fully saturated rings. The Hall–Kier alpha value is -0.460. The van der Waals surface area contributed by atoms with Crippen LogP contribution in [0.2, 0.25) is 0 Å². The van der Waals surface area contributed by atoms with E-state index in [1.807, 2.05) is 6.92 Å². The molecule has 1 aromatic rings. The van der Waals surface area contributed by atoms with Crippen molar-refractivity contribution in [2.45, 2.75) is 31.7 Å². The Morgan fingerprint density at radius 3 is 2.56 bits per heavy atom. The van der Waals surface area contributed by atoms with Crippen molar-refractivity contribution in [2.75, 3.05) is 5.33 Å².